The molecule has 0 fully saturated rings. The van der Waals surface area contributed by atoms with Crippen molar-refractivity contribution in [3.05, 3.63) is 54.1 Å². The minimum Gasteiger partial charge on any atom is -0.0905 e. The van der Waals surface area contributed by atoms with Gasteiger partial charge in [-0.3, -0.25) is 0 Å². The van der Waals surface area contributed by atoms with E-state index in [4.69, 9.17) is 0 Å². The molecule has 0 heteroatoms. The Labute approximate surface area is 66.9 Å². The Balaban J connectivity index is 2.59. The average molecular weight is 141 g/mol. The van der Waals surface area contributed by atoms with Crippen molar-refractivity contribution in [3.8, 4) is 0 Å². The number of allylic oxidation sites excluding steroid dienone is 3. The third-order valence-electron chi connectivity index (χ3n) is 1.94. The molecule has 0 heterocycles. The van der Waals surface area contributed by atoms with Gasteiger partial charge in [-0.2, -0.15) is 0 Å². The maximum absolute atomic E-state index is 3.91. The first-order valence-electron chi connectivity index (χ1n) is 3.73. The first-order chi connectivity index (χ1) is 5.38. The Kier molecular flexibility index (Phi) is 1.39. The molecule has 0 aliphatic heterocycles. The highest BCUT2D eigenvalue weighted by molar-refractivity contribution is 5.73. The zero-order valence-corrected chi connectivity index (χ0v) is 6.30. The first kappa shape index (κ1) is 6.41. The number of hydrogen-bond acceptors (Lipinski definition) is 0. The van der Waals surface area contributed by atoms with Crippen molar-refractivity contribution < 1.29 is 0 Å². The van der Waals surface area contributed by atoms with Gasteiger partial charge in [0.2, 0.25) is 0 Å². The van der Waals surface area contributed by atoms with Crippen LogP contribution in [0.15, 0.2) is 36.9 Å². The molecule has 1 aliphatic rings. The van der Waals surface area contributed by atoms with Crippen molar-refractivity contribution in [1.29, 1.82) is 0 Å². The van der Waals surface area contributed by atoms with Crippen LogP contribution in [-0.2, 0) is 6.42 Å². The van der Waals surface area contributed by atoms with Crippen molar-refractivity contribution in [1.82, 2.24) is 0 Å². The SMILES string of the molecule is C=C1[C]=CCc2ccccc21. The van der Waals surface area contributed by atoms with E-state index in [1.165, 1.54) is 11.1 Å². The topological polar surface area (TPSA) is 0 Å². The van der Waals surface area contributed by atoms with Gasteiger partial charge in [-0.1, -0.05) is 36.9 Å². The molecule has 0 nitrogen and oxygen atoms in total. The van der Waals surface area contributed by atoms with Crippen LogP contribution in [0.1, 0.15) is 11.1 Å². The lowest BCUT2D eigenvalue weighted by molar-refractivity contribution is 1.22. The number of benzene rings is 1. The molecule has 1 aliphatic carbocycles. The van der Waals surface area contributed by atoms with Gasteiger partial charge < -0.3 is 0 Å². The van der Waals surface area contributed by atoms with Crippen LogP contribution < -0.4 is 0 Å². The van der Waals surface area contributed by atoms with E-state index in [0.717, 1.165) is 12.0 Å². The molecule has 0 spiro atoms. The second-order valence-electron chi connectivity index (χ2n) is 2.69. The molecule has 53 valence electrons. The molecule has 0 unspecified atom stereocenters. The molecule has 11 heavy (non-hydrogen) atoms. The van der Waals surface area contributed by atoms with Crippen LogP contribution in [0.4, 0.5) is 0 Å². The van der Waals surface area contributed by atoms with Gasteiger partial charge in [0.25, 0.3) is 0 Å². The standard InChI is InChI=1S/C11H9/c1-9-5-4-7-10-6-2-3-8-11(9)10/h2-4,6,8H,1,7H2. The summed E-state index contributed by atoms with van der Waals surface area (Å²) in [6.07, 6.45) is 6.15. The fraction of sp³-hybridized carbons (Fsp3) is 0.0909. The highest BCUT2D eigenvalue weighted by Crippen LogP contribution is 2.22. The minimum atomic E-state index is 0.995. The van der Waals surface area contributed by atoms with Gasteiger partial charge in [-0.25, -0.2) is 0 Å². The predicted octanol–water partition coefficient (Wildman–Crippen LogP) is 2.62. The van der Waals surface area contributed by atoms with E-state index in [9.17, 15) is 0 Å². The van der Waals surface area contributed by atoms with Crippen LogP contribution in [0.3, 0.4) is 0 Å². The second-order valence-corrected chi connectivity index (χ2v) is 2.69. The quantitative estimate of drug-likeness (QED) is 0.521. The molecular formula is C11H9. The zero-order chi connectivity index (χ0) is 7.68. The fourth-order valence-corrected chi connectivity index (χ4v) is 1.35. The van der Waals surface area contributed by atoms with Crippen LogP contribution in [0, 0.1) is 6.08 Å². The summed E-state index contributed by atoms with van der Waals surface area (Å²) in [6, 6.07) is 8.33. The Morgan fingerprint density at radius 2 is 2.09 bits per heavy atom. The molecule has 1 radical (unpaired) electrons. The molecule has 1 aromatic carbocycles. The molecule has 0 aromatic heterocycles. The van der Waals surface area contributed by atoms with E-state index in [-0.39, 0.29) is 0 Å². The third-order valence-corrected chi connectivity index (χ3v) is 1.94. The van der Waals surface area contributed by atoms with Gasteiger partial charge in [0.1, 0.15) is 0 Å². The van der Waals surface area contributed by atoms with Crippen molar-refractivity contribution in [3.63, 3.8) is 0 Å². The summed E-state index contributed by atoms with van der Waals surface area (Å²) < 4.78 is 0. The van der Waals surface area contributed by atoms with Crippen LogP contribution in [0.2, 0.25) is 0 Å². The monoisotopic (exact) mass is 141 g/mol. The highest BCUT2D eigenvalue weighted by atomic mass is 14.1. The van der Waals surface area contributed by atoms with Gasteiger partial charge in [0, 0.05) is 0 Å². The highest BCUT2D eigenvalue weighted by Gasteiger charge is 2.05. The molecular weight excluding hydrogens is 132 g/mol. The van der Waals surface area contributed by atoms with E-state index in [0.29, 0.717) is 0 Å². The first-order valence-corrected chi connectivity index (χ1v) is 3.73. The molecule has 0 saturated heterocycles. The summed E-state index contributed by atoms with van der Waals surface area (Å²) in [7, 11) is 0. The van der Waals surface area contributed by atoms with E-state index in [2.05, 4.69) is 30.9 Å². The summed E-state index contributed by atoms with van der Waals surface area (Å²) in [5.74, 6) is 0. The number of rotatable bonds is 0. The van der Waals surface area contributed by atoms with Crippen LogP contribution in [0.5, 0.6) is 0 Å². The van der Waals surface area contributed by atoms with E-state index >= 15 is 0 Å². The Hall–Kier alpha value is -1.30. The smallest absolute Gasteiger partial charge is 0.00819 e. The Bertz CT molecular complexity index is 319. The summed E-state index contributed by atoms with van der Waals surface area (Å²) >= 11 is 0. The number of fused-ring (bicyclic) bond motifs is 1. The molecule has 0 atom stereocenters. The van der Waals surface area contributed by atoms with E-state index < -0.39 is 0 Å². The molecule has 0 bridgehead atoms. The van der Waals surface area contributed by atoms with Crippen molar-refractivity contribution in [2.75, 3.05) is 0 Å². The summed E-state index contributed by atoms with van der Waals surface area (Å²) in [5.41, 5.74) is 3.61. The normalized spacial score (nSPS) is 14.7. The van der Waals surface area contributed by atoms with E-state index in [1.54, 1.807) is 0 Å². The summed E-state index contributed by atoms with van der Waals surface area (Å²) in [5, 5.41) is 0. The van der Waals surface area contributed by atoms with Gasteiger partial charge in [0.05, 0.1) is 0 Å². The van der Waals surface area contributed by atoms with Crippen molar-refractivity contribution in [2.45, 2.75) is 6.42 Å². The molecule has 0 amide bonds. The largest absolute Gasteiger partial charge is 0.0905 e. The minimum absolute atomic E-state index is 0.995. The van der Waals surface area contributed by atoms with Crippen LogP contribution in [0.25, 0.3) is 5.57 Å². The second kappa shape index (κ2) is 2.39. The fourth-order valence-electron chi connectivity index (χ4n) is 1.35. The molecule has 1 aromatic rings. The summed E-state index contributed by atoms with van der Waals surface area (Å²) in [4.78, 5) is 0. The van der Waals surface area contributed by atoms with Crippen molar-refractivity contribution in [2.24, 2.45) is 0 Å². The Morgan fingerprint density at radius 1 is 1.27 bits per heavy atom. The number of hydrogen-bond donors (Lipinski definition) is 0. The van der Waals surface area contributed by atoms with E-state index in [1.807, 2.05) is 12.1 Å². The lowest BCUT2D eigenvalue weighted by Crippen LogP contribution is -1.94. The lowest BCUT2D eigenvalue weighted by atomic mass is 9.94. The van der Waals surface area contributed by atoms with Gasteiger partial charge in [-0.05, 0) is 29.2 Å². The van der Waals surface area contributed by atoms with Gasteiger partial charge in [-0.15, -0.1) is 0 Å². The average Bonchev–Trinajstić information content (AvgIpc) is 2.06. The zero-order valence-electron chi connectivity index (χ0n) is 6.30. The van der Waals surface area contributed by atoms with Gasteiger partial charge in [0.15, 0.2) is 0 Å². The summed E-state index contributed by atoms with van der Waals surface area (Å²) in [6.45, 7) is 3.91. The maximum atomic E-state index is 3.91. The third kappa shape index (κ3) is 1.01. The van der Waals surface area contributed by atoms with Crippen LogP contribution in [-0.4, -0.2) is 0 Å². The lowest BCUT2D eigenvalue weighted by Gasteiger charge is -2.10. The van der Waals surface area contributed by atoms with Gasteiger partial charge >= 0.3 is 0 Å². The molecule has 0 saturated carbocycles. The molecule has 2 rings (SSSR count). The van der Waals surface area contributed by atoms with Crippen molar-refractivity contribution >= 4 is 5.57 Å². The Morgan fingerprint density at radius 3 is 2.91 bits per heavy atom. The maximum Gasteiger partial charge on any atom is -0.00819 e. The predicted molar refractivity (Wildman–Crippen MR) is 47.0 cm³/mol. The molecule has 0 N–H and O–H groups in total. The van der Waals surface area contributed by atoms with Crippen LogP contribution >= 0.6 is 0 Å².